The van der Waals surface area contributed by atoms with E-state index in [0.29, 0.717) is 24.7 Å². The standard InChI is InChI=1S/C23H32ClN5O2/c1-16-22-17(9-11-28(16)2)13-20(14-25-22)27-23(30)21(10-12-31-4)29(3)15-26-19-7-5-18(24)6-8-19/h5-8,13-14,16,21,26H,9-12,15H2,1-4H3,(H,27,30)/t16?,21-/m1/s1. The molecule has 1 aliphatic heterocycles. The van der Waals surface area contributed by atoms with Gasteiger partial charge in [-0.1, -0.05) is 11.6 Å². The van der Waals surface area contributed by atoms with Crippen LogP contribution in [0.3, 0.4) is 0 Å². The fourth-order valence-corrected chi connectivity index (χ4v) is 3.89. The van der Waals surface area contributed by atoms with E-state index in [9.17, 15) is 4.79 Å². The molecule has 3 rings (SSSR count). The normalized spacial score (nSPS) is 17.3. The number of rotatable bonds is 9. The highest BCUT2D eigenvalue weighted by molar-refractivity contribution is 6.30. The number of hydrogen-bond acceptors (Lipinski definition) is 6. The number of carbonyl (C=O) groups excluding carboxylic acids is 1. The Balaban J connectivity index is 1.65. The Kier molecular flexibility index (Phi) is 8.26. The molecule has 0 bridgehead atoms. The Morgan fingerprint density at radius 3 is 2.81 bits per heavy atom. The Morgan fingerprint density at radius 1 is 1.35 bits per heavy atom. The van der Waals surface area contributed by atoms with Crippen molar-refractivity contribution in [2.45, 2.75) is 31.8 Å². The van der Waals surface area contributed by atoms with E-state index >= 15 is 0 Å². The number of anilines is 2. The molecule has 0 aliphatic carbocycles. The van der Waals surface area contributed by atoms with Crippen LogP contribution in [0.1, 0.15) is 30.6 Å². The number of carbonyl (C=O) groups is 1. The van der Waals surface area contributed by atoms with Gasteiger partial charge in [0, 0.05) is 37.0 Å². The van der Waals surface area contributed by atoms with Crippen LogP contribution in [0.2, 0.25) is 5.02 Å². The van der Waals surface area contributed by atoms with E-state index in [1.165, 1.54) is 5.56 Å². The van der Waals surface area contributed by atoms with Gasteiger partial charge in [0.2, 0.25) is 5.91 Å². The molecule has 8 heteroatoms. The molecule has 1 aromatic carbocycles. The number of halogens is 1. The number of aromatic nitrogens is 1. The molecule has 0 spiro atoms. The molecule has 0 radical (unpaired) electrons. The lowest BCUT2D eigenvalue weighted by Crippen LogP contribution is -2.44. The smallest absolute Gasteiger partial charge is 0.241 e. The summed E-state index contributed by atoms with van der Waals surface area (Å²) in [5.74, 6) is -0.0693. The average Bonchev–Trinajstić information content (AvgIpc) is 2.76. The SMILES string of the molecule is COCC[C@H](C(=O)Nc1cnc2c(c1)CCN(C)C2C)N(C)CNc1ccc(Cl)cc1. The third-order valence-electron chi connectivity index (χ3n) is 5.87. The summed E-state index contributed by atoms with van der Waals surface area (Å²) in [6, 6.07) is 9.49. The van der Waals surface area contributed by atoms with Crippen molar-refractivity contribution in [3.8, 4) is 0 Å². The minimum absolute atomic E-state index is 0.0693. The lowest BCUT2D eigenvalue weighted by atomic mass is 9.99. The van der Waals surface area contributed by atoms with Gasteiger partial charge in [0.25, 0.3) is 0 Å². The van der Waals surface area contributed by atoms with Crippen molar-refractivity contribution in [2.75, 3.05) is 51.7 Å². The molecular weight excluding hydrogens is 414 g/mol. The van der Waals surface area contributed by atoms with Crippen LogP contribution in [0.4, 0.5) is 11.4 Å². The fourth-order valence-electron chi connectivity index (χ4n) is 3.77. The first kappa shape index (κ1) is 23.5. The van der Waals surface area contributed by atoms with Gasteiger partial charge in [0.15, 0.2) is 0 Å². The topological polar surface area (TPSA) is 69.7 Å². The molecule has 1 unspecified atom stereocenters. The number of methoxy groups -OCH3 is 1. The molecular formula is C23H32ClN5O2. The molecule has 7 nitrogen and oxygen atoms in total. The summed E-state index contributed by atoms with van der Waals surface area (Å²) < 4.78 is 5.24. The van der Waals surface area contributed by atoms with Crippen molar-refractivity contribution in [2.24, 2.45) is 0 Å². The summed E-state index contributed by atoms with van der Waals surface area (Å²) in [4.78, 5) is 22.0. The second kappa shape index (κ2) is 10.9. The largest absolute Gasteiger partial charge is 0.385 e. The second-order valence-electron chi connectivity index (χ2n) is 8.06. The number of likely N-dealkylation sites (N-methyl/N-ethyl adjacent to an activating group) is 2. The zero-order valence-corrected chi connectivity index (χ0v) is 19.4. The van der Waals surface area contributed by atoms with Gasteiger partial charge < -0.3 is 15.4 Å². The molecule has 2 atom stereocenters. The Bertz CT molecular complexity index is 877. The highest BCUT2D eigenvalue weighted by atomic mass is 35.5. The molecule has 168 valence electrons. The first-order valence-corrected chi connectivity index (χ1v) is 11.0. The maximum Gasteiger partial charge on any atom is 0.241 e. The number of hydrogen-bond donors (Lipinski definition) is 2. The van der Waals surface area contributed by atoms with Gasteiger partial charge in [-0.3, -0.25) is 19.6 Å². The Morgan fingerprint density at radius 2 is 2.10 bits per heavy atom. The van der Waals surface area contributed by atoms with Crippen LogP contribution in [0, 0.1) is 0 Å². The summed E-state index contributed by atoms with van der Waals surface area (Å²) in [5, 5.41) is 7.07. The van der Waals surface area contributed by atoms with E-state index in [1.54, 1.807) is 13.3 Å². The van der Waals surface area contributed by atoms with Crippen LogP contribution in [0.15, 0.2) is 36.5 Å². The summed E-state index contributed by atoms with van der Waals surface area (Å²) in [6.07, 6.45) is 3.28. The van der Waals surface area contributed by atoms with Crippen LogP contribution < -0.4 is 10.6 Å². The molecule has 1 aliphatic rings. The first-order chi connectivity index (χ1) is 14.9. The van der Waals surface area contributed by atoms with Crippen LogP contribution in [-0.2, 0) is 16.0 Å². The number of pyridine rings is 1. The lowest BCUT2D eigenvalue weighted by molar-refractivity contribution is -0.121. The maximum atomic E-state index is 13.1. The minimum atomic E-state index is -0.346. The molecule has 1 aromatic heterocycles. The summed E-state index contributed by atoms with van der Waals surface area (Å²) in [7, 11) is 5.68. The van der Waals surface area contributed by atoms with Crippen molar-refractivity contribution in [3.63, 3.8) is 0 Å². The molecule has 1 amide bonds. The number of benzene rings is 1. The van der Waals surface area contributed by atoms with E-state index in [-0.39, 0.29) is 18.0 Å². The van der Waals surface area contributed by atoms with Crippen LogP contribution in [0.25, 0.3) is 0 Å². The van der Waals surface area contributed by atoms with E-state index in [4.69, 9.17) is 16.3 Å². The zero-order chi connectivity index (χ0) is 22.4. The monoisotopic (exact) mass is 445 g/mol. The van der Waals surface area contributed by atoms with Crippen LogP contribution in [0.5, 0.6) is 0 Å². The Labute approximate surface area is 189 Å². The van der Waals surface area contributed by atoms with Crippen molar-refractivity contribution >= 4 is 28.9 Å². The highest BCUT2D eigenvalue weighted by Gasteiger charge is 2.25. The predicted octanol–water partition coefficient (Wildman–Crippen LogP) is 3.63. The zero-order valence-electron chi connectivity index (χ0n) is 18.7. The molecule has 0 saturated carbocycles. The van der Waals surface area contributed by atoms with Gasteiger partial charge in [-0.2, -0.15) is 0 Å². The van der Waals surface area contributed by atoms with E-state index < -0.39 is 0 Å². The van der Waals surface area contributed by atoms with Crippen LogP contribution >= 0.6 is 11.6 Å². The van der Waals surface area contributed by atoms with Gasteiger partial charge in [0.05, 0.1) is 30.3 Å². The van der Waals surface area contributed by atoms with Gasteiger partial charge >= 0.3 is 0 Å². The molecule has 0 saturated heterocycles. The third-order valence-corrected chi connectivity index (χ3v) is 6.12. The van der Waals surface area contributed by atoms with Crippen molar-refractivity contribution in [1.82, 2.24) is 14.8 Å². The average molecular weight is 446 g/mol. The van der Waals surface area contributed by atoms with Gasteiger partial charge in [-0.15, -0.1) is 0 Å². The fraction of sp³-hybridized carbons (Fsp3) is 0.478. The molecule has 0 fully saturated rings. The third kappa shape index (κ3) is 6.17. The lowest BCUT2D eigenvalue weighted by Gasteiger charge is -2.31. The number of nitrogens with one attached hydrogen (secondary N) is 2. The number of fused-ring (bicyclic) bond motifs is 1. The second-order valence-corrected chi connectivity index (χ2v) is 8.50. The predicted molar refractivity (Wildman–Crippen MR) is 126 cm³/mol. The quantitative estimate of drug-likeness (QED) is 0.574. The minimum Gasteiger partial charge on any atom is -0.385 e. The molecule has 31 heavy (non-hydrogen) atoms. The van der Waals surface area contributed by atoms with Gasteiger partial charge in [-0.25, -0.2) is 0 Å². The van der Waals surface area contributed by atoms with E-state index in [2.05, 4.69) is 40.6 Å². The maximum absolute atomic E-state index is 13.1. The molecule has 2 heterocycles. The van der Waals surface area contributed by atoms with Crippen LogP contribution in [-0.4, -0.2) is 67.8 Å². The van der Waals surface area contributed by atoms with E-state index in [0.717, 1.165) is 30.0 Å². The van der Waals surface area contributed by atoms with Crippen molar-refractivity contribution < 1.29 is 9.53 Å². The molecule has 2 aromatic rings. The van der Waals surface area contributed by atoms with Crippen molar-refractivity contribution in [3.05, 3.63) is 52.8 Å². The molecule has 2 N–H and O–H groups in total. The summed E-state index contributed by atoms with van der Waals surface area (Å²) in [5.41, 5.74) is 3.98. The Hall–Kier alpha value is -2.19. The van der Waals surface area contributed by atoms with Gasteiger partial charge in [0.1, 0.15) is 0 Å². The van der Waals surface area contributed by atoms with Crippen molar-refractivity contribution in [1.29, 1.82) is 0 Å². The summed E-state index contributed by atoms with van der Waals surface area (Å²) in [6.45, 7) is 4.15. The summed E-state index contributed by atoms with van der Waals surface area (Å²) >= 11 is 5.95. The van der Waals surface area contributed by atoms with Gasteiger partial charge in [-0.05, 0) is 69.8 Å². The van der Waals surface area contributed by atoms with E-state index in [1.807, 2.05) is 36.2 Å². The highest BCUT2D eigenvalue weighted by Crippen LogP contribution is 2.28. The number of ether oxygens (including phenoxy) is 1. The number of nitrogens with zero attached hydrogens (tertiary/aromatic N) is 3. The number of amides is 1. The first-order valence-electron chi connectivity index (χ1n) is 10.6.